The number of unbranched alkanes of at least 4 members (excludes halogenated alkanes) is 1. The molecule has 2 atom stereocenters. The molecule has 1 aliphatic carbocycles. The normalized spacial score (nSPS) is 23.1. The largest absolute Gasteiger partial charge is 0.467 e. The fraction of sp³-hybridized carbons (Fsp3) is 0.476. The molecule has 0 radical (unpaired) electrons. The molecule has 3 aliphatic rings. The Labute approximate surface area is 163 Å². The molecule has 2 aromatic rings. The molecule has 0 bridgehead atoms. The number of aliphatic imine (C=N–C) groups is 1. The Morgan fingerprint density at radius 2 is 2.26 bits per heavy atom. The van der Waals surface area contributed by atoms with E-state index in [1.54, 1.807) is 23.7 Å². The Hall–Kier alpha value is -2.08. The molecule has 27 heavy (non-hydrogen) atoms. The maximum Gasteiger partial charge on any atom is 0.143 e. The lowest BCUT2D eigenvalue weighted by Crippen LogP contribution is -2.21. The summed E-state index contributed by atoms with van der Waals surface area (Å²) in [7, 11) is 0. The predicted octanol–water partition coefficient (Wildman–Crippen LogP) is 5.32. The summed E-state index contributed by atoms with van der Waals surface area (Å²) in [4.78, 5) is 15.6. The van der Waals surface area contributed by atoms with Crippen molar-refractivity contribution in [2.45, 2.75) is 68.2 Å². The molecule has 4 heterocycles. The van der Waals surface area contributed by atoms with Crippen molar-refractivity contribution in [2.75, 3.05) is 5.32 Å². The Morgan fingerprint density at radius 3 is 3.11 bits per heavy atom. The van der Waals surface area contributed by atoms with Crippen LogP contribution in [-0.2, 0) is 6.54 Å². The third-order valence-corrected chi connectivity index (χ3v) is 6.95. The van der Waals surface area contributed by atoms with Gasteiger partial charge in [0, 0.05) is 5.71 Å². The number of fused-ring (bicyclic) bond motifs is 4. The number of dihydropyridines is 1. The van der Waals surface area contributed by atoms with E-state index in [9.17, 15) is 0 Å². The lowest BCUT2D eigenvalue weighted by molar-refractivity contribution is 0.517. The van der Waals surface area contributed by atoms with Crippen molar-refractivity contribution in [3.8, 4) is 0 Å². The van der Waals surface area contributed by atoms with Crippen molar-refractivity contribution in [3.05, 3.63) is 47.3 Å². The summed E-state index contributed by atoms with van der Waals surface area (Å²) in [5, 5.41) is 3.66. The molecular weight excluding hydrogens is 356 g/mol. The average Bonchev–Trinajstić information content (AvgIpc) is 3.42. The minimum atomic E-state index is 0.226. The van der Waals surface area contributed by atoms with E-state index in [4.69, 9.17) is 14.4 Å². The quantitative estimate of drug-likeness (QED) is 0.734. The van der Waals surface area contributed by atoms with Crippen LogP contribution in [0.25, 0.3) is 0 Å². The van der Waals surface area contributed by atoms with E-state index < -0.39 is 0 Å². The number of anilines is 1. The molecule has 2 aromatic heterocycles. The Bertz CT molecular complexity index is 903. The zero-order chi connectivity index (χ0) is 18.2. The molecule has 6 heteroatoms. The monoisotopic (exact) mass is 380 g/mol. The molecule has 0 fully saturated rings. The number of nitrogens with one attached hydrogen (secondary N) is 1. The summed E-state index contributed by atoms with van der Waals surface area (Å²) >= 11 is 1.83. The summed E-state index contributed by atoms with van der Waals surface area (Å²) in [6.07, 6.45) is 10.6. The topological polar surface area (TPSA) is 63.3 Å². The molecule has 2 aliphatic heterocycles. The van der Waals surface area contributed by atoms with Crippen LogP contribution in [0.5, 0.6) is 0 Å². The first-order valence-corrected chi connectivity index (χ1v) is 10.8. The van der Waals surface area contributed by atoms with Crippen LogP contribution in [0.4, 0.5) is 5.82 Å². The number of furan rings is 1. The van der Waals surface area contributed by atoms with Gasteiger partial charge in [-0.15, -0.1) is 0 Å². The van der Waals surface area contributed by atoms with E-state index in [1.165, 1.54) is 42.7 Å². The summed E-state index contributed by atoms with van der Waals surface area (Å²) in [5.41, 5.74) is 5.67. The van der Waals surface area contributed by atoms with Crippen molar-refractivity contribution in [3.63, 3.8) is 0 Å². The van der Waals surface area contributed by atoms with E-state index in [2.05, 4.69) is 17.2 Å². The third-order valence-electron chi connectivity index (χ3n) is 5.69. The van der Waals surface area contributed by atoms with Crippen LogP contribution in [0.3, 0.4) is 0 Å². The molecule has 0 saturated carbocycles. The third kappa shape index (κ3) is 3.00. The van der Waals surface area contributed by atoms with Crippen molar-refractivity contribution in [2.24, 2.45) is 4.99 Å². The Balaban J connectivity index is 1.46. The van der Waals surface area contributed by atoms with Gasteiger partial charge in [-0.1, -0.05) is 30.7 Å². The van der Waals surface area contributed by atoms with Crippen LogP contribution in [-0.4, -0.2) is 21.1 Å². The van der Waals surface area contributed by atoms with Gasteiger partial charge in [0.2, 0.25) is 0 Å². The minimum Gasteiger partial charge on any atom is -0.467 e. The van der Waals surface area contributed by atoms with Gasteiger partial charge in [-0.05, 0) is 49.8 Å². The maximum atomic E-state index is 5.44. The van der Waals surface area contributed by atoms with Gasteiger partial charge in [0.1, 0.15) is 23.3 Å². The fourth-order valence-corrected chi connectivity index (χ4v) is 5.82. The highest BCUT2D eigenvalue weighted by Crippen LogP contribution is 2.55. The highest BCUT2D eigenvalue weighted by molar-refractivity contribution is 8.00. The highest BCUT2D eigenvalue weighted by atomic mass is 32.2. The molecule has 0 aromatic carbocycles. The number of hydrogen-bond acceptors (Lipinski definition) is 6. The van der Waals surface area contributed by atoms with Crippen LogP contribution in [0.2, 0.25) is 0 Å². The number of rotatable bonds is 6. The highest BCUT2D eigenvalue weighted by Gasteiger charge is 2.44. The fourth-order valence-electron chi connectivity index (χ4n) is 4.43. The minimum absolute atomic E-state index is 0.226. The van der Waals surface area contributed by atoms with Crippen molar-refractivity contribution >= 4 is 23.3 Å². The molecule has 5 nitrogen and oxygen atoms in total. The zero-order valence-electron chi connectivity index (χ0n) is 15.6. The molecule has 1 N–H and O–H groups in total. The van der Waals surface area contributed by atoms with E-state index in [0.29, 0.717) is 12.5 Å². The van der Waals surface area contributed by atoms with E-state index >= 15 is 0 Å². The molecule has 5 rings (SSSR count). The Kier molecular flexibility index (Phi) is 4.52. The molecule has 0 spiro atoms. The number of allylic oxidation sites excluding steroid dienone is 1. The lowest BCUT2D eigenvalue weighted by atomic mass is 9.87. The van der Waals surface area contributed by atoms with Gasteiger partial charge in [-0.25, -0.2) is 9.97 Å². The first-order chi connectivity index (χ1) is 13.3. The van der Waals surface area contributed by atoms with Crippen molar-refractivity contribution in [1.82, 2.24) is 9.97 Å². The SMILES string of the molecule is CCCCC1=N[C@H]2Sc3c(NCc4ccco4)ncnc3[C@H]2C2=C1CCC2. The van der Waals surface area contributed by atoms with Crippen LogP contribution in [0.1, 0.15) is 62.8 Å². The van der Waals surface area contributed by atoms with E-state index in [1.807, 2.05) is 23.9 Å². The second-order valence-corrected chi connectivity index (χ2v) is 8.52. The number of hydrogen-bond donors (Lipinski definition) is 1. The predicted molar refractivity (Wildman–Crippen MR) is 108 cm³/mol. The number of nitrogens with zero attached hydrogens (tertiary/aromatic N) is 3. The van der Waals surface area contributed by atoms with Gasteiger partial charge in [0.15, 0.2) is 0 Å². The van der Waals surface area contributed by atoms with Gasteiger partial charge >= 0.3 is 0 Å². The van der Waals surface area contributed by atoms with Crippen LogP contribution >= 0.6 is 11.8 Å². The molecule has 0 amide bonds. The van der Waals surface area contributed by atoms with Crippen LogP contribution < -0.4 is 5.32 Å². The number of thioether (sulfide) groups is 1. The first-order valence-electron chi connectivity index (χ1n) is 9.92. The summed E-state index contributed by atoms with van der Waals surface area (Å²) in [6.45, 7) is 2.88. The molecule has 0 saturated heterocycles. The van der Waals surface area contributed by atoms with Crippen molar-refractivity contribution < 1.29 is 4.42 Å². The summed E-state index contributed by atoms with van der Waals surface area (Å²) in [6, 6.07) is 3.88. The van der Waals surface area contributed by atoms with Gasteiger partial charge in [-0.2, -0.15) is 0 Å². The summed E-state index contributed by atoms with van der Waals surface area (Å²) < 4.78 is 5.44. The smallest absolute Gasteiger partial charge is 0.143 e. The number of aromatic nitrogens is 2. The van der Waals surface area contributed by atoms with Crippen molar-refractivity contribution in [1.29, 1.82) is 0 Å². The second kappa shape index (κ2) is 7.15. The standard InChI is InChI=1S/C21H24N4OS/c1-2-3-9-16-14-7-4-8-15(14)17-18-19(27-21(17)25-16)20(24-12-23-18)22-11-13-6-5-10-26-13/h5-6,10,12,17,21H,2-4,7-9,11H2,1H3,(H,22,23,24)/t17-,21+/m1/s1. The van der Waals surface area contributed by atoms with Gasteiger partial charge in [-0.3, -0.25) is 4.99 Å². The maximum absolute atomic E-state index is 5.44. The summed E-state index contributed by atoms with van der Waals surface area (Å²) in [5.74, 6) is 2.14. The molecular formula is C21H24N4OS. The van der Waals surface area contributed by atoms with E-state index in [-0.39, 0.29) is 5.37 Å². The van der Waals surface area contributed by atoms with Crippen LogP contribution in [0.15, 0.2) is 50.2 Å². The van der Waals surface area contributed by atoms with E-state index in [0.717, 1.165) is 23.7 Å². The van der Waals surface area contributed by atoms with Gasteiger partial charge in [0.05, 0.1) is 29.3 Å². The average molecular weight is 381 g/mol. The zero-order valence-corrected chi connectivity index (χ0v) is 16.4. The molecule has 140 valence electrons. The lowest BCUT2D eigenvalue weighted by Gasteiger charge is -2.26. The molecule has 0 unspecified atom stereocenters. The van der Waals surface area contributed by atoms with Gasteiger partial charge in [0.25, 0.3) is 0 Å². The van der Waals surface area contributed by atoms with Crippen LogP contribution in [0, 0.1) is 0 Å². The Morgan fingerprint density at radius 1 is 1.30 bits per heavy atom. The second-order valence-electron chi connectivity index (χ2n) is 7.39. The van der Waals surface area contributed by atoms with Gasteiger partial charge < -0.3 is 9.73 Å². The first kappa shape index (κ1) is 17.0.